The number of nitrogens with zero attached hydrogens (tertiary/aromatic N) is 1. The number of hydrogen-bond acceptors (Lipinski definition) is 1. The Morgan fingerprint density at radius 1 is 0.358 bits per heavy atom. The monoisotopic (exact) mass is 685 g/mol. The summed E-state index contributed by atoms with van der Waals surface area (Å²) in [4.78, 5) is 2.48. The summed E-state index contributed by atoms with van der Waals surface area (Å²) in [6.07, 6.45) is 0. The zero-order valence-electron chi connectivity index (χ0n) is 31.7. The van der Waals surface area contributed by atoms with Crippen molar-refractivity contribution in [2.45, 2.75) is 52.4 Å². The van der Waals surface area contributed by atoms with Crippen LogP contribution in [0.25, 0.3) is 54.9 Å². The minimum atomic E-state index is -0.0281. The summed E-state index contributed by atoms with van der Waals surface area (Å²) < 4.78 is 0. The van der Waals surface area contributed by atoms with E-state index in [4.69, 9.17) is 0 Å². The fourth-order valence-electron chi connectivity index (χ4n) is 7.62. The largest absolute Gasteiger partial charge is 0.310 e. The first-order valence-corrected chi connectivity index (χ1v) is 18.8. The number of fused-ring (bicyclic) bond motifs is 2. The van der Waals surface area contributed by atoms with Gasteiger partial charge in [0.1, 0.15) is 0 Å². The molecule has 0 amide bonds. The molecule has 8 aromatic carbocycles. The fourth-order valence-corrected chi connectivity index (χ4v) is 7.62. The highest BCUT2D eigenvalue weighted by molar-refractivity contribution is 6.09. The summed E-state index contributed by atoms with van der Waals surface area (Å²) in [7, 11) is 0. The predicted molar refractivity (Wildman–Crippen MR) is 230 cm³/mol. The van der Waals surface area contributed by atoms with Gasteiger partial charge in [0.05, 0.1) is 5.69 Å². The van der Waals surface area contributed by atoms with E-state index in [0.717, 1.165) is 17.1 Å². The van der Waals surface area contributed by atoms with Crippen LogP contribution in [0.2, 0.25) is 0 Å². The zero-order valence-corrected chi connectivity index (χ0v) is 31.7. The summed E-state index contributed by atoms with van der Waals surface area (Å²) in [5, 5.41) is 5.01. The van der Waals surface area contributed by atoms with E-state index in [9.17, 15) is 0 Å². The summed E-state index contributed by atoms with van der Waals surface area (Å²) in [6.45, 7) is 13.9. The molecule has 0 heterocycles. The molecule has 0 aliphatic rings. The molecule has 8 aromatic rings. The number of hydrogen-bond donors (Lipinski definition) is 0. The molecule has 0 unspecified atom stereocenters. The molecule has 0 saturated heterocycles. The van der Waals surface area contributed by atoms with E-state index in [2.05, 4.69) is 222 Å². The van der Waals surface area contributed by atoms with Gasteiger partial charge in [-0.1, -0.05) is 187 Å². The summed E-state index contributed by atoms with van der Waals surface area (Å²) in [6, 6.07) is 64.8. The molecule has 0 radical (unpaired) electrons. The van der Waals surface area contributed by atoms with Gasteiger partial charge in [-0.25, -0.2) is 0 Å². The molecule has 53 heavy (non-hydrogen) atoms. The Labute approximate surface area is 315 Å². The normalized spacial score (nSPS) is 12.0. The van der Waals surface area contributed by atoms with Crippen molar-refractivity contribution in [3.05, 3.63) is 187 Å². The average molecular weight is 686 g/mol. The van der Waals surface area contributed by atoms with E-state index in [1.807, 2.05) is 0 Å². The smallest absolute Gasteiger partial charge is 0.0540 e. The molecule has 0 spiro atoms. The van der Waals surface area contributed by atoms with E-state index < -0.39 is 0 Å². The summed E-state index contributed by atoms with van der Waals surface area (Å²) >= 11 is 0. The van der Waals surface area contributed by atoms with Crippen LogP contribution >= 0.6 is 0 Å². The zero-order chi connectivity index (χ0) is 36.7. The quantitative estimate of drug-likeness (QED) is 0.168. The number of anilines is 3. The lowest BCUT2D eigenvalue weighted by Gasteiger charge is -2.32. The van der Waals surface area contributed by atoms with Gasteiger partial charge in [0.15, 0.2) is 0 Å². The van der Waals surface area contributed by atoms with Crippen LogP contribution in [0.3, 0.4) is 0 Å². The van der Waals surface area contributed by atoms with Crippen molar-refractivity contribution in [2.75, 3.05) is 4.90 Å². The molecular formula is C52H47N. The van der Waals surface area contributed by atoms with E-state index in [1.54, 1.807) is 0 Å². The molecular weight excluding hydrogens is 639 g/mol. The first kappa shape index (κ1) is 34.2. The van der Waals surface area contributed by atoms with Crippen molar-refractivity contribution < 1.29 is 0 Å². The highest BCUT2D eigenvalue weighted by Crippen LogP contribution is 2.46. The van der Waals surface area contributed by atoms with E-state index >= 15 is 0 Å². The van der Waals surface area contributed by atoms with Gasteiger partial charge >= 0.3 is 0 Å². The molecule has 1 heteroatoms. The summed E-state index contributed by atoms with van der Waals surface area (Å²) in [5.74, 6) is 0. The SMILES string of the molecule is CC(C)(C)c1cc(N(c2ccc(-c3cccc4ccccc34)cc2)c2ccccc2-c2cccc3cccc(-c4ccccc4)c23)cc(C(C)(C)C)c1. The average Bonchev–Trinajstić information content (AvgIpc) is 3.17. The third kappa shape index (κ3) is 6.64. The Morgan fingerprint density at radius 3 is 1.55 bits per heavy atom. The Bertz CT molecular complexity index is 2520. The van der Waals surface area contributed by atoms with Crippen LogP contribution in [0, 0.1) is 0 Å². The van der Waals surface area contributed by atoms with Crippen LogP contribution in [0.1, 0.15) is 52.7 Å². The highest BCUT2D eigenvalue weighted by Gasteiger charge is 2.25. The lowest BCUT2D eigenvalue weighted by Crippen LogP contribution is -2.19. The van der Waals surface area contributed by atoms with Crippen molar-refractivity contribution >= 4 is 38.6 Å². The summed E-state index contributed by atoms with van der Waals surface area (Å²) in [5.41, 5.74) is 13.3. The predicted octanol–water partition coefficient (Wildman–Crippen LogP) is 15.1. The van der Waals surface area contributed by atoms with E-state index in [-0.39, 0.29) is 10.8 Å². The first-order valence-electron chi connectivity index (χ1n) is 18.8. The first-order chi connectivity index (χ1) is 25.6. The maximum Gasteiger partial charge on any atom is 0.0540 e. The van der Waals surface area contributed by atoms with Crippen molar-refractivity contribution in [3.63, 3.8) is 0 Å². The third-order valence-electron chi connectivity index (χ3n) is 10.6. The van der Waals surface area contributed by atoms with Crippen molar-refractivity contribution in [1.29, 1.82) is 0 Å². The van der Waals surface area contributed by atoms with Gasteiger partial charge in [0.2, 0.25) is 0 Å². The number of rotatable bonds is 6. The topological polar surface area (TPSA) is 3.24 Å². The maximum atomic E-state index is 2.48. The van der Waals surface area contributed by atoms with Gasteiger partial charge in [-0.15, -0.1) is 0 Å². The van der Waals surface area contributed by atoms with Gasteiger partial charge < -0.3 is 4.90 Å². The van der Waals surface area contributed by atoms with Crippen LogP contribution in [-0.2, 0) is 10.8 Å². The molecule has 0 aromatic heterocycles. The van der Waals surface area contributed by atoms with E-state index in [0.29, 0.717) is 0 Å². The Balaban J connectivity index is 1.38. The molecule has 0 fully saturated rings. The van der Waals surface area contributed by atoms with Crippen LogP contribution in [0.4, 0.5) is 17.1 Å². The van der Waals surface area contributed by atoms with Gasteiger partial charge in [0.25, 0.3) is 0 Å². The van der Waals surface area contributed by atoms with Gasteiger partial charge in [-0.3, -0.25) is 0 Å². The number of para-hydroxylation sites is 1. The standard InChI is InChI=1S/C52H47N/c1-51(2,3)40-33-41(52(4,5)6)35-43(34-40)53(42-31-29-38(30-32-42)45-25-14-20-36-19-10-11-23-44(36)45)49-28-13-12-24-47(49)48-27-16-22-39-21-15-26-46(50(39)48)37-17-8-7-9-18-37/h7-35H,1-6H3. The van der Waals surface area contributed by atoms with Crippen molar-refractivity contribution in [1.82, 2.24) is 0 Å². The molecule has 0 saturated carbocycles. The lowest BCUT2D eigenvalue weighted by molar-refractivity contribution is 0.569. The molecule has 0 atom stereocenters. The van der Waals surface area contributed by atoms with Crippen LogP contribution in [0.15, 0.2) is 176 Å². The Hall–Kier alpha value is -5.92. The Morgan fingerprint density at radius 2 is 0.868 bits per heavy atom. The maximum absolute atomic E-state index is 2.48. The van der Waals surface area contributed by atoms with Crippen LogP contribution in [-0.4, -0.2) is 0 Å². The highest BCUT2D eigenvalue weighted by atomic mass is 15.1. The van der Waals surface area contributed by atoms with Crippen molar-refractivity contribution in [3.8, 4) is 33.4 Å². The fraction of sp³-hybridized carbons (Fsp3) is 0.154. The molecule has 0 bridgehead atoms. The molecule has 0 N–H and O–H groups in total. The molecule has 1 nitrogen and oxygen atoms in total. The van der Waals surface area contributed by atoms with Crippen LogP contribution in [0.5, 0.6) is 0 Å². The molecule has 0 aliphatic carbocycles. The van der Waals surface area contributed by atoms with Crippen molar-refractivity contribution in [2.24, 2.45) is 0 Å². The molecule has 0 aliphatic heterocycles. The number of benzene rings is 8. The lowest BCUT2D eigenvalue weighted by atomic mass is 9.80. The molecule has 260 valence electrons. The third-order valence-corrected chi connectivity index (χ3v) is 10.6. The second-order valence-electron chi connectivity index (χ2n) is 16.3. The van der Waals surface area contributed by atoms with E-state index in [1.165, 1.54) is 66.1 Å². The minimum absolute atomic E-state index is 0.0281. The minimum Gasteiger partial charge on any atom is -0.310 e. The second kappa shape index (κ2) is 13.6. The van der Waals surface area contributed by atoms with Gasteiger partial charge in [-0.05, 0) is 102 Å². The van der Waals surface area contributed by atoms with Gasteiger partial charge in [-0.2, -0.15) is 0 Å². The molecule has 8 rings (SSSR count). The van der Waals surface area contributed by atoms with Crippen LogP contribution < -0.4 is 4.90 Å². The van der Waals surface area contributed by atoms with Gasteiger partial charge in [0, 0.05) is 16.9 Å². The second-order valence-corrected chi connectivity index (χ2v) is 16.3. The Kier molecular flexibility index (Phi) is 8.75.